The lowest BCUT2D eigenvalue weighted by atomic mass is 10.1. The molecular weight excluding hydrogens is 372 g/mol. The summed E-state index contributed by atoms with van der Waals surface area (Å²) in [5.74, 6) is 0.397. The number of hydrogen-bond acceptors (Lipinski definition) is 7. The minimum Gasteiger partial charge on any atom is -0.466 e. The van der Waals surface area contributed by atoms with Crippen LogP contribution in [0.1, 0.15) is 34.7 Å². The monoisotopic (exact) mass is 394 g/mol. The summed E-state index contributed by atoms with van der Waals surface area (Å²) in [5.41, 5.74) is 2.27. The summed E-state index contributed by atoms with van der Waals surface area (Å²) in [4.78, 5) is 32.2. The van der Waals surface area contributed by atoms with E-state index in [-0.39, 0.29) is 31.4 Å². The van der Waals surface area contributed by atoms with Crippen molar-refractivity contribution in [1.29, 1.82) is 0 Å². The van der Waals surface area contributed by atoms with Crippen molar-refractivity contribution >= 4 is 11.9 Å². The van der Waals surface area contributed by atoms with Gasteiger partial charge in [-0.05, 0) is 37.1 Å². The molecule has 8 heteroatoms. The minimum atomic E-state index is -0.364. The Morgan fingerprint density at radius 1 is 1.17 bits per heavy atom. The van der Waals surface area contributed by atoms with Crippen LogP contribution in [0.5, 0.6) is 0 Å². The van der Waals surface area contributed by atoms with Crippen molar-refractivity contribution in [2.45, 2.75) is 26.2 Å². The molecule has 0 aliphatic carbocycles. The molecule has 0 radical (unpaired) electrons. The lowest BCUT2D eigenvalue weighted by Gasteiger charge is -2.07. The number of carbonyl (C=O) groups excluding carboxylic acids is 2. The predicted molar refractivity (Wildman–Crippen MR) is 105 cm³/mol. The molecule has 2 aromatic heterocycles. The number of aryl methyl sites for hydroxylation is 2. The van der Waals surface area contributed by atoms with Crippen molar-refractivity contribution in [1.82, 2.24) is 20.4 Å². The van der Waals surface area contributed by atoms with Crippen LogP contribution in [0.4, 0.5) is 0 Å². The Hall–Kier alpha value is -3.55. The number of aromatic nitrogens is 3. The topological polar surface area (TPSA) is 107 Å². The van der Waals surface area contributed by atoms with Crippen molar-refractivity contribution in [3.05, 3.63) is 65.8 Å². The molecule has 1 amide bonds. The molecule has 3 rings (SSSR count). The maximum Gasteiger partial charge on any atom is 0.307 e. The molecule has 0 saturated carbocycles. The SMILES string of the molecule is Cc1ccccc1C(=O)NCCC(=O)OCCCc1nc(-c2cccnc2)no1. The number of rotatable bonds is 9. The lowest BCUT2D eigenvalue weighted by molar-refractivity contribution is -0.143. The van der Waals surface area contributed by atoms with Crippen molar-refractivity contribution in [2.75, 3.05) is 13.2 Å². The summed E-state index contributed by atoms with van der Waals surface area (Å²) < 4.78 is 10.4. The Morgan fingerprint density at radius 2 is 2.03 bits per heavy atom. The predicted octanol–water partition coefficient (Wildman–Crippen LogP) is 2.74. The molecule has 1 aromatic carbocycles. The first-order valence-corrected chi connectivity index (χ1v) is 9.36. The molecule has 150 valence electrons. The molecule has 0 atom stereocenters. The van der Waals surface area contributed by atoms with Gasteiger partial charge in [0.05, 0.1) is 13.0 Å². The number of ether oxygens (including phenoxy) is 1. The van der Waals surface area contributed by atoms with Gasteiger partial charge in [-0.15, -0.1) is 0 Å². The van der Waals surface area contributed by atoms with Crippen LogP contribution in [0.15, 0.2) is 53.3 Å². The van der Waals surface area contributed by atoms with Crippen LogP contribution < -0.4 is 5.32 Å². The van der Waals surface area contributed by atoms with Crippen LogP contribution >= 0.6 is 0 Å². The van der Waals surface area contributed by atoms with Gasteiger partial charge in [-0.1, -0.05) is 23.4 Å². The number of esters is 1. The second-order valence-electron chi connectivity index (χ2n) is 6.40. The normalized spacial score (nSPS) is 10.5. The van der Waals surface area contributed by atoms with Crippen molar-refractivity contribution in [3.8, 4) is 11.4 Å². The average Bonchev–Trinajstić information content (AvgIpc) is 3.21. The van der Waals surface area contributed by atoms with Crippen molar-refractivity contribution < 1.29 is 18.8 Å². The molecule has 0 unspecified atom stereocenters. The summed E-state index contributed by atoms with van der Waals surface area (Å²) in [6, 6.07) is 10.9. The third kappa shape index (κ3) is 5.97. The van der Waals surface area contributed by atoms with E-state index >= 15 is 0 Å². The third-order valence-corrected chi connectivity index (χ3v) is 4.19. The highest BCUT2D eigenvalue weighted by Crippen LogP contribution is 2.14. The number of benzene rings is 1. The maximum absolute atomic E-state index is 12.1. The van der Waals surface area contributed by atoms with Crippen LogP contribution in [0.25, 0.3) is 11.4 Å². The fraction of sp³-hybridized carbons (Fsp3) is 0.286. The van der Waals surface area contributed by atoms with Gasteiger partial charge in [0.1, 0.15) is 0 Å². The first kappa shape index (κ1) is 20.2. The van der Waals surface area contributed by atoms with E-state index in [1.165, 1.54) is 0 Å². The smallest absolute Gasteiger partial charge is 0.307 e. The van der Waals surface area contributed by atoms with Crippen LogP contribution in [-0.4, -0.2) is 40.2 Å². The van der Waals surface area contributed by atoms with Gasteiger partial charge >= 0.3 is 5.97 Å². The zero-order valence-electron chi connectivity index (χ0n) is 16.1. The molecule has 3 aromatic rings. The van der Waals surface area contributed by atoms with E-state index in [9.17, 15) is 9.59 Å². The molecule has 0 aliphatic rings. The van der Waals surface area contributed by atoms with Crippen molar-refractivity contribution in [3.63, 3.8) is 0 Å². The fourth-order valence-electron chi connectivity index (χ4n) is 2.65. The van der Waals surface area contributed by atoms with Gasteiger partial charge in [0, 0.05) is 36.5 Å². The van der Waals surface area contributed by atoms with E-state index in [0.717, 1.165) is 11.1 Å². The first-order chi connectivity index (χ1) is 14.1. The zero-order chi connectivity index (χ0) is 20.5. The Morgan fingerprint density at radius 3 is 2.83 bits per heavy atom. The maximum atomic E-state index is 12.1. The summed E-state index contributed by atoms with van der Waals surface area (Å²) in [6.07, 6.45) is 4.52. The summed E-state index contributed by atoms with van der Waals surface area (Å²) in [5, 5.41) is 6.64. The molecule has 1 N–H and O–H groups in total. The highest BCUT2D eigenvalue weighted by Gasteiger charge is 2.11. The lowest BCUT2D eigenvalue weighted by Crippen LogP contribution is -2.27. The van der Waals surface area contributed by atoms with E-state index in [2.05, 4.69) is 20.4 Å². The molecule has 0 saturated heterocycles. The van der Waals surface area contributed by atoms with Gasteiger partial charge in [0.25, 0.3) is 5.91 Å². The van der Waals surface area contributed by atoms with Crippen LogP contribution in [-0.2, 0) is 16.0 Å². The molecule has 8 nitrogen and oxygen atoms in total. The molecule has 0 fully saturated rings. The number of carbonyl (C=O) groups is 2. The molecule has 0 aliphatic heterocycles. The third-order valence-electron chi connectivity index (χ3n) is 4.19. The summed E-state index contributed by atoms with van der Waals surface area (Å²) in [6.45, 7) is 2.34. The Balaban J connectivity index is 1.32. The standard InChI is InChI=1S/C21H22N4O4/c1-15-6-2-3-8-17(15)21(27)23-12-10-19(26)28-13-5-9-18-24-20(25-29-18)16-7-4-11-22-14-16/h2-4,6-8,11,14H,5,9-10,12-13H2,1H3,(H,23,27). The molecular formula is C21H22N4O4. The minimum absolute atomic E-state index is 0.114. The van der Waals surface area contributed by atoms with Crippen molar-refractivity contribution in [2.24, 2.45) is 0 Å². The van der Waals surface area contributed by atoms with E-state index in [1.807, 2.05) is 25.1 Å². The van der Waals surface area contributed by atoms with E-state index in [0.29, 0.717) is 30.1 Å². The van der Waals surface area contributed by atoms with Gasteiger partial charge in [-0.25, -0.2) is 0 Å². The summed E-state index contributed by atoms with van der Waals surface area (Å²) >= 11 is 0. The number of amides is 1. The zero-order valence-corrected chi connectivity index (χ0v) is 16.1. The van der Waals surface area contributed by atoms with Crippen LogP contribution in [0, 0.1) is 6.92 Å². The highest BCUT2D eigenvalue weighted by molar-refractivity contribution is 5.95. The van der Waals surface area contributed by atoms with Gasteiger partial charge in [-0.2, -0.15) is 4.98 Å². The second-order valence-corrected chi connectivity index (χ2v) is 6.40. The van der Waals surface area contributed by atoms with E-state index < -0.39 is 0 Å². The molecule has 29 heavy (non-hydrogen) atoms. The Labute approximate surface area is 168 Å². The van der Waals surface area contributed by atoms with E-state index in [1.54, 1.807) is 30.6 Å². The average molecular weight is 394 g/mol. The number of hydrogen-bond donors (Lipinski definition) is 1. The Kier molecular flexibility index (Phi) is 7.05. The van der Waals surface area contributed by atoms with Gasteiger partial charge < -0.3 is 14.6 Å². The fourth-order valence-corrected chi connectivity index (χ4v) is 2.65. The largest absolute Gasteiger partial charge is 0.466 e. The quantitative estimate of drug-likeness (QED) is 0.439. The first-order valence-electron chi connectivity index (χ1n) is 9.36. The molecule has 0 spiro atoms. The van der Waals surface area contributed by atoms with Gasteiger partial charge in [0.15, 0.2) is 0 Å². The highest BCUT2D eigenvalue weighted by atomic mass is 16.5. The van der Waals surface area contributed by atoms with Gasteiger partial charge in [0.2, 0.25) is 11.7 Å². The molecule has 0 bridgehead atoms. The summed E-state index contributed by atoms with van der Waals surface area (Å²) in [7, 11) is 0. The number of nitrogens with zero attached hydrogens (tertiary/aromatic N) is 3. The Bertz CT molecular complexity index is 956. The number of nitrogens with one attached hydrogen (secondary N) is 1. The van der Waals surface area contributed by atoms with Gasteiger partial charge in [-0.3, -0.25) is 14.6 Å². The number of pyridine rings is 1. The molecule has 2 heterocycles. The van der Waals surface area contributed by atoms with Crippen LogP contribution in [0.2, 0.25) is 0 Å². The van der Waals surface area contributed by atoms with Crippen LogP contribution in [0.3, 0.4) is 0 Å². The van der Waals surface area contributed by atoms with E-state index in [4.69, 9.17) is 9.26 Å². The second kappa shape index (κ2) is 10.1.